The Bertz CT molecular complexity index is 447. The van der Waals surface area contributed by atoms with Crippen molar-refractivity contribution in [3.05, 3.63) is 0 Å². The molecule has 1 nitrogen and oxygen atoms in total. The molecule has 0 radical (unpaired) electrons. The molecule has 0 aromatic carbocycles. The summed E-state index contributed by atoms with van der Waals surface area (Å²) in [6.45, 7) is -0.619. The third-order valence-electron chi connectivity index (χ3n) is 2.88. The van der Waals surface area contributed by atoms with Gasteiger partial charge in [0, 0.05) is 6.42 Å². The summed E-state index contributed by atoms with van der Waals surface area (Å²) in [5.41, 5.74) is 0. The molecule has 1 unspecified atom stereocenters. The monoisotopic (exact) mass is 376 g/mol. The maximum Gasteiger partial charge on any atom is 0.460 e. The molecule has 1 aliphatic heterocycles. The summed E-state index contributed by atoms with van der Waals surface area (Å²) in [5.74, 6) is -36.5. The summed E-state index contributed by atoms with van der Waals surface area (Å²) in [5, 5.41) is 0. The number of rotatable bonds is 6. The van der Waals surface area contributed by atoms with Crippen molar-refractivity contribution < 1.29 is 61.8 Å². The highest BCUT2D eigenvalue weighted by Gasteiger charge is 2.90. The number of hydrogen-bond acceptors (Lipinski definition) is 1. The number of hydrogen-bond donors (Lipinski definition) is 0. The van der Waals surface area contributed by atoms with Crippen molar-refractivity contribution in [3.63, 3.8) is 0 Å². The van der Waals surface area contributed by atoms with Crippen LogP contribution in [0.2, 0.25) is 0 Å². The van der Waals surface area contributed by atoms with Crippen LogP contribution in [0, 0.1) is 0 Å². The minimum absolute atomic E-state index is 0.619. The first kappa shape index (κ1) is 20.1. The molecule has 0 saturated carbocycles. The SMILES string of the molecule is FC(F)(F)C(F)(F)C(F)(F)C(F)(F)C(F)(F)C(F)(F)CC1CO1. The van der Waals surface area contributed by atoms with Crippen molar-refractivity contribution in [1.29, 1.82) is 0 Å². The largest absolute Gasteiger partial charge is 0.460 e. The predicted octanol–water partition coefficient (Wildman–Crippen LogP) is 4.51. The van der Waals surface area contributed by atoms with Gasteiger partial charge in [-0.1, -0.05) is 0 Å². The van der Waals surface area contributed by atoms with Crippen LogP contribution < -0.4 is 0 Å². The number of ether oxygens (including phenoxy) is 1. The maximum atomic E-state index is 13.0. The van der Waals surface area contributed by atoms with Gasteiger partial charge in [0.1, 0.15) is 0 Å². The van der Waals surface area contributed by atoms with Gasteiger partial charge in [0.05, 0.1) is 12.7 Å². The fourth-order valence-electron chi connectivity index (χ4n) is 1.40. The molecule has 1 aliphatic rings. The molecule has 0 aromatic heterocycles. The zero-order valence-corrected chi connectivity index (χ0v) is 10.3. The predicted molar refractivity (Wildman–Crippen MR) is 45.1 cm³/mol. The van der Waals surface area contributed by atoms with Crippen molar-refractivity contribution in [2.75, 3.05) is 6.61 Å². The lowest BCUT2D eigenvalue weighted by atomic mass is 9.92. The standard InChI is InChI=1S/C9H5F13O/c10-4(11,1-3-2-23-3)5(12,13)6(14,15)7(16,17)8(18,19)9(20,21)22/h3H,1-2H2. The molecule has 0 aliphatic carbocycles. The minimum Gasteiger partial charge on any atom is -0.373 e. The molecular formula is C9H5F13O. The highest BCUT2D eigenvalue weighted by atomic mass is 19.4. The highest BCUT2D eigenvalue weighted by Crippen LogP contribution is 2.61. The summed E-state index contributed by atoms with van der Waals surface area (Å²) < 4.78 is 168. The zero-order chi connectivity index (χ0) is 18.7. The van der Waals surface area contributed by atoms with Crippen LogP contribution in [0.4, 0.5) is 57.1 Å². The molecule has 23 heavy (non-hydrogen) atoms. The highest BCUT2D eigenvalue weighted by molar-refractivity contribution is 5.10. The lowest BCUT2D eigenvalue weighted by Crippen LogP contribution is -2.70. The molecule has 0 spiro atoms. The molecule has 1 atom stereocenters. The average Bonchev–Trinajstić information content (AvgIpc) is 3.09. The van der Waals surface area contributed by atoms with E-state index in [1.54, 1.807) is 0 Å². The summed E-state index contributed by atoms with van der Waals surface area (Å²) in [4.78, 5) is 0. The molecule has 0 aromatic rings. The second-order valence-corrected chi connectivity index (χ2v) is 4.66. The first-order valence-electron chi connectivity index (χ1n) is 5.40. The van der Waals surface area contributed by atoms with E-state index in [2.05, 4.69) is 4.74 Å². The van der Waals surface area contributed by atoms with Gasteiger partial charge in [-0.15, -0.1) is 0 Å². The van der Waals surface area contributed by atoms with Crippen molar-refractivity contribution in [3.8, 4) is 0 Å². The Kier molecular flexibility index (Phi) is 4.39. The first-order valence-corrected chi connectivity index (χ1v) is 5.40. The summed E-state index contributed by atoms with van der Waals surface area (Å²) >= 11 is 0. The van der Waals surface area contributed by atoms with Crippen molar-refractivity contribution in [1.82, 2.24) is 0 Å². The third kappa shape index (κ3) is 2.82. The molecule has 0 N–H and O–H groups in total. The second kappa shape index (κ2) is 5.02. The van der Waals surface area contributed by atoms with E-state index in [0.29, 0.717) is 0 Å². The zero-order valence-electron chi connectivity index (χ0n) is 10.3. The van der Waals surface area contributed by atoms with E-state index in [9.17, 15) is 57.1 Å². The summed E-state index contributed by atoms with van der Waals surface area (Å²) in [6, 6.07) is 0. The number of halogens is 13. The van der Waals surface area contributed by atoms with Crippen LogP contribution in [-0.4, -0.2) is 48.5 Å². The Morgan fingerprint density at radius 2 is 0.957 bits per heavy atom. The lowest BCUT2D eigenvalue weighted by molar-refractivity contribution is -0.440. The van der Waals surface area contributed by atoms with Gasteiger partial charge in [0.2, 0.25) is 0 Å². The van der Waals surface area contributed by atoms with Gasteiger partial charge >= 0.3 is 35.8 Å². The van der Waals surface area contributed by atoms with Crippen LogP contribution >= 0.6 is 0 Å². The Morgan fingerprint density at radius 1 is 0.609 bits per heavy atom. The molecule has 1 rings (SSSR count). The molecule has 0 amide bonds. The second-order valence-electron chi connectivity index (χ2n) is 4.66. The molecule has 1 heterocycles. The van der Waals surface area contributed by atoms with Crippen LogP contribution in [0.1, 0.15) is 6.42 Å². The fraction of sp³-hybridized carbons (Fsp3) is 1.00. The van der Waals surface area contributed by atoms with Gasteiger partial charge in [0.15, 0.2) is 0 Å². The molecule has 14 heteroatoms. The van der Waals surface area contributed by atoms with Crippen LogP contribution in [0.25, 0.3) is 0 Å². The molecular weight excluding hydrogens is 371 g/mol. The lowest BCUT2D eigenvalue weighted by Gasteiger charge is -2.39. The van der Waals surface area contributed by atoms with E-state index in [0.717, 1.165) is 0 Å². The van der Waals surface area contributed by atoms with E-state index in [-0.39, 0.29) is 0 Å². The van der Waals surface area contributed by atoms with Crippen LogP contribution in [0.15, 0.2) is 0 Å². The first-order chi connectivity index (χ1) is 9.83. The average molecular weight is 376 g/mol. The third-order valence-corrected chi connectivity index (χ3v) is 2.88. The summed E-state index contributed by atoms with van der Waals surface area (Å²) in [6.07, 6.45) is -11.4. The van der Waals surface area contributed by atoms with E-state index in [1.807, 2.05) is 0 Å². The van der Waals surface area contributed by atoms with E-state index < -0.39 is 54.9 Å². The Balaban J connectivity index is 3.30. The number of alkyl halides is 13. The maximum absolute atomic E-state index is 13.0. The van der Waals surface area contributed by atoms with Crippen molar-refractivity contribution in [2.24, 2.45) is 0 Å². The normalized spacial score (nSPS) is 21.5. The minimum atomic E-state index is -7.84. The molecule has 1 saturated heterocycles. The van der Waals surface area contributed by atoms with Gasteiger partial charge < -0.3 is 4.74 Å². The quantitative estimate of drug-likeness (QED) is 0.491. The van der Waals surface area contributed by atoms with E-state index in [1.165, 1.54) is 0 Å². The van der Waals surface area contributed by atoms with Crippen LogP contribution in [-0.2, 0) is 4.74 Å². The molecule has 0 bridgehead atoms. The van der Waals surface area contributed by atoms with E-state index in [4.69, 9.17) is 0 Å². The van der Waals surface area contributed by atoms with Crippen molar-refractivity contribution in [2.45, 2.75) is 48.3 Å². The van der Waals surface area contributed by atoms with Gasteiger partial charge in [-0.3, -0.25) is 0 Å². The number of epoxide rings is 1. The molecule has 138 valence electrons. The van der Waals surface area contributed by atoms with Crippen LogP contribution in [0.3, 0.4) is 0 Å². The Morgan fingerprint density at radius 3 is 1.26 bits per heavy atom. The van der Waals surface area contributed by atoms with Gasteiger partial charge in [-0.2, -0.15) is 57.1 Å². The topological polar surface area (TPSA) is 12.5 Å². The Labute approximate surface area is 118 Å². The fourth-order valence-corrected chi connectivity index (χ4v) is 1.40. The Hall–Kier alpha value is -0.950. The van der Waals surface area contributed by atoms with Gasteiger partial charge in [-0.05, 0) is 0 Å². The van der Waals surface area contributed by atoms with Crippen molar-refractivity contribution >= 4 is 0 Å². The van der Waals surface area contributed by atoms with Gasteiger partial charge in [-0.25, -0.2) is 0 Å². The smallest absolute Gasteiger partial charge is 0.373 e. The van der Waals surface area contributed by atoms with Crippen LogP contribution in [0.5, 0.6) is 0 Å². The van der Waals surface area contributed by atoms with E-state index >= 15 is 0 Å². The summed E-state index contributed by atoms with van der Waals surface area (Å²) in [7, 11) is 0. The van der Waals surface area contributed by atoms with Gasteiger partial charge in [0.25, 0.3) is 0 Å². The molecule has 1 fully saturated rings.